The van der Waals surface area contributed by atoms with E-state index >= 15 is 0 Å². The fourth-order valence-electron chi connectivity index (χ4n) is 0.749. The quantitative estimate of drug-likeness (QED) is 0.645. The van der Waals surface area contributed by atoms with Crippen LogP contribution in [0.15, 0.2) is 0 Å². The van der Waals surface area contributed by atoms with Crippen molar-refractivity contribution in [1.29, 1.82) is 0 Å². The molecule has 0 N–H and O–H groups in total. The standard InChI is InChI=1S/C7H14BrNO/c1-4-7(10)9(3)5-6(2)8/h6H,4-5H2,1-3H3. The van der Waals surface area contributed by atoms with Gasteiger partial charge in [0, 0.05) is 24.8 Å². The monoisotopic (exact) mass is 207 g/mol. The summed E-state index contributed by atoms with van der Waals surface area (Å²) in [4.78, 5) is 13.1. The normalized spacial score (nSPS) is 12.8. The Kier molecular flexibility index (Phi) is 4.69. The second-order valence-electron chi connectivity index (χ2n) is 2.41. The van der Waals surface area contributed by atoms with Crippen molar-refractivity contribution in [1.82, 2.24) is 4.90 Å². The van der Waals surface area contributed by atoms with E-state index in [1.54, 1.807) is 4.90 Å². The Hall–Kier alpha value is -0.0500. The summed E-state index contributed by atoms with van der Waals surface area (Å²) in [5.74, 6) is 0.200. The van der Waals surface area contributed by atoms with Crippen molar-refractivity contribution in [3.05, 3.63) is 0 Å². The van der Waals surface area contributed by atoms with Gasteiger partial charge in [0.1, 0.15) is 0 Å². The van der Waals surface area contributed by atoms with Gasteiger partial charge in [-0.05, 0) is 0 Å². The number of carbonyl (C=O) groups excluding carboxylic acids is 1. The fourth-order valence-corrected chi connectivity index (χ4v) is 1.18. The molecule has 1 atom stereocenters. The number of hydrogen-bond acceptors (Lipinski definition) is 1. The SMILES string of the molecule is CCC(=O)N(C)CC(C)Br. The van der Waals surface area contributed by atoms with E-state index in [0.29, 0.717) is 11.2 Å². The van der Waals surface area contributed by atoms with Crippen molar-refractivity contribution in [3.63, 3.8) is 0 Å². The molecule has 0 saturated heterocycles. The Balaban J connectivity index is 3.61. The second-order valence-corrected chi connectivity index (χ2v) is 3.97. The second kappa shape index (κ2) is 4.72. The van der Waals surface area contributed by atoms with Gasteiger partial charge in [-0.2, -0.15) is 0 Å². The minimum absolute atomic E-state index is 0.200. The van der Waals surface area contributed by atoms with Crippen molar-refractivity contribution >= 4 is 21.8 Å². The Morgan fingerprint density at radius 2 is 2.20 bits per heavy atom. The predicted molar refractivity (Wildman–Crippen MR) is 46.3 cm³/mol. The molecule has 0 radical (unpaired) electrons. The first-order valence-corrected chi connectivity index (χ1v) is 4.37. The van der Waals surface area contributed by atoms with Gasteiger partial charge in [-0.3, -0.25) is 4.79 Å². The molecule has 0 aliphatic carbocycles. The van der Waals surface area contributed by atoms with Gasteiger partial charge in [-0.25, -0.2) is 0 Å². The zero-order chi connectivity index (χ0) is 8.15. The maximum absolute atomic E-state index is 11.0. The first-order valence-electron chi connectivity index (χ1n) is 3.46. The Labute approximate surface area is 70.7 Å². The maximum Gasteiger partial charge on any atom is 0.222 e. The van der Waals surface area contributed by atoms with Crippen LogP contribution in [0.1, 0.15) is 20.3 Å². The van der Waals surface area contributed by atoms with E-state index in [1.165, 1.54) is 0 Å². The van der Waals surface area contributed by atoms with Gasteiger partial charge in [0.05, 0.1) is 0 Å². The van der Waals surface area contributed by atoms with E-state index < -0.39 is 0 Å². The van der Waals surface area contributed by atoms with Crippen molar-refractivity contribution < 1.29 is 4.79 Å². The molecular weight excluding hydrogens is 194 g/mol. The summed E-state index contributed by atoms with van der Waals surface area (Å²) in [5, 5.41) is 0. The van der Waals surface area contributed by atoms with Gasteiger partial charge in [0.15, 0.2) is 0 Å². The zero-order valence-corrected chi connectivity index (χ0v) is 8.31. The topological polar surface area (TPSA) is 20.3 Å². The lowest BCUT2D eigenvalue weighted by Crippen LogP contribution is -2.30. The highest BCUT2D eigenvalue weighted by Gasteiger charge is 2.06. The first kappa shape index (κ1) is 9.95. The minimum Gasteiger partial charge on any atom is -0.345 e. The summed E-state index contributed by atoms with van der Waals surface area (Å²) >= 11 is 3.38. The van der Waals surface area contributed by atoms with Crippen LogP contribution in [0, 0.1) is 0 Å². The van der Waals surface area contributed by atoms with Crippen LogP contribution in [0.25, 0.3) is 0 Å². The molecule has 0 aliphatic heterocycles. The molecular formula is C7H14BrNO. The van der Waals surface area contributed by atoms with E-state index in [0.717, 1.165) is 6.54 Å². The first-order chi connectivity index (χ1) is 4.57. The molecule has 1 amide bonds. The lowest BCUT2D eigenvalue weighted by Gasteiger charge is -2.17. The highest BCUT2D eigenvalue weighted by molar-refractivity contribution is 9.09. The molecule has 0 aromatic rings. The molecule has 0 heterocycles. The third-order valence-electron chi connectivity index (χ3n) is 1.25. The summed E-state index contributed by atoms with van der Waals surface area (Å²) in [6.45, 7) is 4.68. The third kappa shape index (κ3) is 3.88. The maximum atomic E-state index is 11.0. The third-order valence-corrected chi connectivity index (χ3v) is 1.54. The lowest BCUT2D eigenvalue weighted by molar-refractivity contribution is -0.129. The van der Waals surface area contributed by atoms with Crippen LogP contribution >= 0.6 is 15.9 Å². The predicted octanol–water partition coefficient (Wildman–Crippen LogP) is 1.64. The van der Waals surface area contributed by atoms with Crippen molar-refractivity contribution in [2.75, 3.05) is 13.6 Å². The Morgan fingerprint density at radius 1 is 1.70 bits per heavy atom. The number of halogens is 1. The smallest absolute Gasteiger partial charge is 0.222 e. The molecule has 3 heteroatoms. The van der Waals surface area contributed by atoms with Gasteiger partial charge in [0.25, 0.3) is 0 Å². The van der Waals surface area contributed by atoms with E-state index in [4.69, 9.17) is 0 Å². The largest absolute Gasteiger partial charge is 0.345 e. The van der Waals surface area contributed by atoms with E-state index in [1.807, 2.05) is 20.9 Å². The highest BCUT2D eigenvalue weighted by Crippen LogP contribution is 2.00. The van der Waals surface area contributed by atoms with Gasteiger partial charge in [-0.1, -0.05) is 29.8 Å². The number of rotatable bonds is 3. The van der Waals surface area contributed by atoms with Crippen LogP contribution in [-0.4, -0.2) is 29.2 Å². The van der Waals surface area contributed by atoms with Crippen LogP contribution in [0.5, 0.6) is 0 Å². The summed E-state index contributed by atoms with van der Waals surface area (Å²) in [6, 6.07) is 0. The molecule has 0 aromatic carbocycles. The average molecular weight is 208 g/mol. The van der Waals surface area contributed by atoms with Crippen LogP contribution in [0.4, 0.5) is 0 Å². The molecule has 0 aromatic heterocycles. The summed E-state index contributed by atoms with van der Waals surface area (Å²) in [7, 11) is 1.82. The number of carbonyl (C=O) groups is 1. The van der Waals surface area contributed by atoms with Crippen molar-refractivity contribution in [2.45, 2.75) is 25.1 Å². The van der Waals surface area contributed by atoms with E-state index in [2.05, 4.69) is 15.9 Å². The van der Waals surface area contributed by atoms with Crippen LogP contribution in [-0.2, 0) is 4.79 Å². The minimum atomic E-state index is 0.200. The highest BCUT2D eigenvalue weighted by atomic mass is 79.9. The number of alkyl halides is 1. The van der Waals surface area contributed by atoms with E-state index in [9.17, 15) is 4.79 Å². The molecule has 0 spiro atoms. The summed E-state index contributed by atoms with van der Waals surface area (Å²) < 4.78 is 0. The Morgan fingerprint density at radius 3 is 2.50 bits per heavy atom. The zero-order valence-electron chi connectivity index (χ0n) is 6.72. The number of hydrogen-bond donors (Lipinski definition) is 0. The van der Waals surface area contributed by atoms with Gasteiger partial charge in [-0.15, -0.1) is 0 Å². The molecule has 0 fully saturated rings. The molecule has 0 saturated carbocycles. The number of amides is 1. The Bertz CT molecular complexity index is 114. The van der Waals surface area contributed by atoms with Gasteiger partial charge in [0.2, 0.25) is 5.91 Å². The van der Waals surface area contributed by atoms with Crippen LogP contribution in [0.2, 0.25) is 0 Å². The lowest BCUT2D eigenvalue weighted by atomic mass is 10.4. The van der Waals surface area contributed by atoms with Crippen molar-refractivity contribution in [3.8, 4) is 0 Å². The average Bonchev–Trinajstić information content (AvgIpc) is 1.85. The van der Waals surface area contributed by atoms with Crippen LogP contribution < -0.4 is 0 Å². The summed E-state index contributed by atoms with van der Waals surface area (Å²) in [6.07, 6.45) is 0.593. The molecule has 0 aliphatic rings. The van der Waals surface area contributed by atoms with Gasteiger partial charge >= 0.3 is 0 Å². The molecule has 0 bridgehead atoms. The van der Waals surface area contributed by atoms with E-state index in [-0.39, 0.29) is 5.91 Å². The molecule has 2 nitrogen and oxygen atoms in total. The summed E-state index contributed by atoms with van der Waals surface area (Å²) in [5.41, 5.74) is 0. The molecule has 1 unspecified atom stereocenters. The fraction of sp³-hybridized carbons (Fsp3) is 0.857. The van der Waals surface area contributed by atoms with Crippen LogP contribution in [0.3, 0.4) is 0 Å². The molecule has 10 heavy (non-hydrogen) atoms. The molecule has 0 rings (SSSR count). The van der Waals surface area contributed by atoms with Gasteiger partial charge < -0.3 is 4.90 Å². The number of nitrogens with zero attached hydrogens (tertiary/aromatic N) is 1. The van der Waals surface area contributed by atoms with Crippen molar-refractivity contribution in [2.24, 2.45) is 0 Å². The molecule has 60 valence electrons.